The van der Waals surface area contributed by atoms with E-state index in [0.29, 0.717) is 11.7 Å². The molecule has 1 unspecified atom stereocenters. The van der Waals surface area contributed by atoms with Gasteiger partial charge in [-0.15, -0.1) is 0 Å². The van der Waals surface area contributed by atoms with Crippen molar-refractivity contribution in [3.05, 3.63) is 23.8 Å². The van der Waals surface area contributed by atoms with Crippen LogP contribution in [0, 0.1) is 0 Å². The number of carboxylic acid groups (broad SMARTS) is 1. The molecule has 19 heavy (non-hydrogen) atoms. The summed E-state index contributed by atoms with van der Waals surface area (Å²) in [5.41, 5.74) is 7.50. The van der Waals surface area contributed by atoms with E-state index in [-0.39, 0.29) is 5.56 Å². The Morgan fingerprint density at radius 3 is 2.63 bits per heavy atom. The third-order valence-electron chi connectivity index (χ3n) is 3.20. The number of rotatable bonds is 8. The molecule has 1 atom stereocenters. The molecule has 0 spiro atoms. The second-order valence-electron chi connectivity index (χ2n) is 4.88. The maximum atomic E-state index is 11.0. The van der Waals surface area contributed by atoms with Gasteiger partial charge in [0.15, 0.2) is 0 Å². The minimum atomic E-state index is -0.927. The number of hydrogen-bond acceptors (Lipinski definition) is 3. The molecule has 0 aromatic heterocycles. The van der Waals surface area contributed by atoms with Crippen LogP contribution in [0.3, 0.4) is 0 Å². The van der Waals surface area contributed by atoms with Crippen LogP contribution in [0.1, 0.15) is 56.3 Å². The monoisotopic (exact) mass is 264 g/mol. The highest BCUT2D eigenvalue weighted by atomic mass is 16.4. The SMILES string of the molecule is CCCCC(CCC)Nc1cc(C(=O)O)ccc1N. The first kappa shape index (κ1) is 15.3. The summed E-state index contributed by atoms with van der Waals surface area (Å²) in [6, 6.07) is 5.15. The Hall–Kier alpha value is -1.71. The quantitative estimate of drug-likeness (QED) is 0.625. The lowest BCUT2D eigenvalue weighted by atomic mass is 10.0. The fraction of sp³-hybridized carbons (Fsp3) is 0.533. The molecule has 4 nitrogen and oxygen atoms in total. The molecule has 0 heterocycles. The highest BCUT2D eigenvalue weighted by molar-refractivity contribution is 5.90. The normalized spacial score (nSPS) is 12.1. The third kappa shape index (κ3) is 4.81. The number of anilines is 2. The summed E-state index contributed by atoms with van der Waals surface area (Å²) in [6.07, 6.45) is 5.57. The lowest BCUT2D eigenvalue weighted by Gasteiger charge is -2.20. The summed E-state index contributed by atoms with van der Waals surface area (Å²) in [5, 5.41) is 12.4. The van der Waals surface area contributed by atoms with Gasteiger partial charge in [-0.25, -0.2) is 4.79 Å². The Labute approximate surface area is 115 Å². The Morgan fingerprint density at radius 2 is 2.05 bits per heavy atom. The molecule has 1 aromatic carbocycles. The predicted octanol–water partition coefficient (Wildman–Crippen LogP) is 3.74. The molecule has 1 rings (SSSR count). The van der Waals surface area contributed by atoms with Crippen LogP contribution in [-0.2, 0) is 0 Å². The maximum Gasteiger partial charge on any atom is 0.335 e. The summed E-state index contributed by atoms with van der Waals surface area (Å²) in [5.74, 6) is -0.927. The molecule has 0 amide bonds. The molecule has 0 radical (unpaired) electrons. The molecular formula is C15H24N2O2. The van der Waals surface area contributed by atoms with Crippen LogP contribution in [0.5, 0.6) is 0 Å². The van der Waals surface area contributed by atoms with E-state index in [1.165, 1.54) is 6.07 Å². The fourth-order valence-corrected chi connectivity index (χ4v) is 2.12. The van der Waals surface area contributed by atoms with E-state index in [1.54, 1.807) is 12.1 Å². The van der Waals surface area contributed by atoms with E-state index < -0.39 is 5.97 Å². The standard InChI is InChI=1S/C15H24N2O2/c1-3-5-7-12(6-4-2)17-14-10-11(15(18)19)8-9-13(14)16/h8-10,12,17H,3-7,16H2,1-2H3,(H,18,19). The zero-order valence-corrected chi connectivity index (χ0v) is 11.8. The molecule has 0 aliphatic rings. The van der Waals surface area contributed by atoms with Crippen molar-refractivity contribution in [2.75, 3.05) is 11.1 Å². The Bertz CT molecular complexity index is 419. The van der Waals surface area contributed by atoms with E-state index in [4.69, 9.17) is 10.8 Å². The fourth-order valence-electron chi connectivity index (χ4n) is 2.12. The van der Waals surface area contributed by atoms with Crippen LogP contribution in [-0.4, -0.2) is 17.1 Å². The lowest BCUT2D eigenvalue weighted by Crippen LogP contribution is -2.20. The number of benzene rings is 1. The molecule has 1 aromatic rings. The van der Waals surface area contributed by atoms with Crippen LogP contribution < -0.4 is 11.1 Å². The first-order valence-electron chi connectivity index (χ1n) is 6.97. The van der Waals surface area contributed by atoms with E-state index in [1.807, 2.05) is 0 Å². The summed E-state index contributed by atoms with van der Waals surface area (Å²) in [7, 11) is 0. The Morgan fingerprint density at radius 1 is 1.32 bits per heavy atom. The van der Waals surface area contributed by atoms with Gasteiger partial charge < -0.3 is 16.2 Å². The van der Waals surface area contributed by atoms with Crippen LogP contribution in [0.15, 0.2) is 18.2 Å². The van der Waals surface area contributed by atoms with Crippen molar-refractivity contribution in [1.82, 2.24) is 0 Å². The van der Waals surface area contributed by atoms with Gasteiger partial charge in [-0.1, -0.05) is 33.1 Å². The molecule has 4 heteroatoms. The number of nitrogens with one attached hydrogen (secondary N) is 1. The molecule has 0 aliphatic carbocycles. The number of aromatic carboxylic acids is 1. The van der Waals surface area contributed by atoms with Gasteiger partial charge in [-0.2, -0.15) is 0 Å². The van der Waals surface area contributed by atoms with Gasteiger partial charge in [0.05, 0.1) is 16.9 Å². The van der Waals surface area contributed by atoms with Gasteiger partial charge in [0, 0.05) is 6.04 Å². The van der Waals surface area contributed by atoms with Gasteiger partial charge >= 0.3 is 5.97 Å². The summed E-state index contributed by atoms with van der Waals surface area (Å²) in [4.78, 5) is 11.0. The molecule has 0 saturated heterocycles. The van der Waals surface area contributed by atoms with E-state index >= 15 is 0 Å². The molecule has 0 fully saturated rings. The van der Waals surface area contributed by atoms with E-state index in [0.717, 1.165) is 37.8 Å². The van der Waals surface area contributed by atoms with Crippen LogP contribution in [0.2, 0.25) is 0 Å². The van der Waals surface area contributed by atoms with Crippen molar-refractivity contribution in [2.24, 2.45) is 0 Å². The number of unbranched alkanes of at least 4 members (excludes halogenated alkanes) is 1. The van der Waals surface area contributed by atoms with Crippen molar-refractivity contribution in [3.63, 3.8) is 0 Å². The van der Waals surface area contributed by atoms with Crippen molar-refractivity contribution < 1.29 is 9.90 Å². The number of hydrogen-bond donors (Lipinski definition) is 3. The van der Waals surface area contributed by atoms with Crippen LogP contribution in [0.25, 0.3) is 0 Å². The number of carbonyl (C=O) groups is 1. The highest BCUT2D eigenvalue weighted by Crippen LogP contribution is 2.23. The number of nitrogen functional groups attached to an aromatic ring is 1. The predicted molar refractivity (Wildman–Crippen MR) is 79.7 cm³/mol. The molecule has 0 bridgehead atoms. The number of nitrogens with two attached hydrogens (primary N) is 1. The second kappa shape index (κ2) is 7.67. The van der Waals surface area contributed by atoms with E-state index in [2.05, 4.69) is 19.2 Å². The molecule has 0 saturated carbocycles. The smallest absolute Gasteiger partial charge is 0.335 e. The minimum absolute atomic E-state index is 0.266. The summed E-state index contributed by atoms with van der Waals surface area (Å²) in [6.45, 7) is 4.32. The first-order valence-corrected chi connectivity index (χ1v) is 6.97. The minimum Gasteiger partial charge on any atom is -0.478 e. The maximum absolute atomic E-state index is 11.0. The van der Waals surface area contributed by atoms with Gasteiger partial charge in [0.25, 0.3) is 0 Å². The zero-order chi connectivity index (χ0) is 14.3. The first-order chi connectivity index (χ1) is 9.08. The van der Waals surface area contributed by atoms with Crippen molar-refractivity contribution >= 4 is 17.3 Å². The number of carboxylic acids is 1. The zero-order valence-electron chi connectivity index (χ0n) is 11.8. The van der Waals surface area contributed by atoms with Gasteiger partial charge in [0.2, 0.25) is 0 Å². The Kier molecular flexibility index (Phi) is 6.19. The molecule has 0 aliphatic heterocycles. The van der Waals surface area contributed by atoms with Gasteiger partial charge in [-0.05, 0) is 31.0 Å². The van der Waals surface area contributed by atoms with Crippen molar-refractivity contribution in [3.8, 4) is 0 Å². The van der Waals surface area contributed by atoms with E-state index in [9.17, 15) is 4.79 Å². The molecule has 106 valence electrons. The van der Waals surface area contributed by atoms with Crippen LogP contribution in [0.4, 0.5) is 11.4 Å². The third-order valence-corrected chi connectivity index (χ3v) is 3.20. The molecule has 4 N–H and O–H groups in total. The average Bonchev–Trinajstić information content (AvgIpc) is 2.38. The molecular weight excluding hydrogens is 240 g/mol. The highest BCUT2D eigenvalue weighted by Gasteiger charge is 2.11. The van der Waals surface area contributed by atoms with Crippen molar-refractivity contribution in [2.45, 2.75) is 52.0 Å². The van der Waals surface area contributed by atoms with Crippen molar-refractivity contribution in [1.29, 1.82) is 0 Å². The van der Waals surface area contributed by atoms with Crippen LogP contribution >= 0.6 is 0 Å². The average molecular weight is 264 g/mol. The topological polar surface area (TPSA) is 75.3 Å². The van der Waals surface area contributed by atoms with Gasteiger partial charge in [-0.3, -0.25) is 0 Å². The summed E-state index contributed by atoms with van der Waals surface area (Å²) >= 11 is 0. The largest absolute Gasteiger partial charge is 0.478 e. The van der Waals surface area contributed by atoms with Gasteiger partial charge in [0.1, 0.15) is 0 Å². The summed E-state index contributed by atoms with van der Waals surface area (Å²) < 4.78 is 0. The second-order valence-corrected chi connectivity index (χ2v) is 4.88. The Balaban J connectivity index is 2.81. The lowest BCUT2D eigenvalue weighted by molar-refractivity contribution is 0.0697.